The number of nitrogens with zero attached hydrogens (tertiary/aromatic N) is 1. The Balaban J connectivity index is 1.45. The summed E-state index contributed by atoms with van der Waals surface area (Å²) in [6, 6.07) is 42.9. The second kappa shape index (κ2) is 15.2. The third-order valence-corrected chi connectivity index (χ3v) is 7.39. The molecule has 0 spiro atoms. The van der Waals surface area contributed by atoms with E-state index in [0.717, 1.165) is 51.0 Å². The van der Waals surface area contributed by atoms with Gasteiger partial charge in [-0.1, -0.05) is 97.6 Å². The largest absolute Gasteiger partial charge is 0.462 e. The molecule has 5 rings (SSSR count). The molecule has 5 aromatic rings. The van der Waals surface area contributed by atoms with Crippen LogP contribution >= 0.6 is 0 Å². The normalized spacial score (nSPS) is 10.9. The molecule has 0 N–H and O–H groups in total. The number of ether oxygens (including phenoxy) is 2. The monoisotopic (exact) mass is 605 g/mol. The average molecular weight is 606 g/mol. The fraction of sp³-hybridized carbons (Fsp3) is 0.0732. The number of carbonyl (C=O) groups is 2. The van der Waals surface area contributed by atoms with Crippen LogP contribution in [-0.4, -0.2) is 18.5 Å². The van der Waals surface area contributed by atoms with E-state index in [1.54, 1.807) is 12.1 Å². The number of hydrogen-bond donors (Lipinski definition) is 0. The average Bonchev–Trinajstić information content (AvgIpc) is 3.10. The lowest BCUT2D eigenvalue weighted by Crippen LogP contribution is -2.10. The van der Waals surface area contributed by atoms with Crippen LogP contribution in [0, 0.1) is 6.92 Å². The number of hydrogen-bond acceptors (Lipinski definition) is 5. The quantitative estimate of drug-likeness (QED) is 0.0614. The minimum absolute atomic E-state index is 0.304. The van der Waals surface area contributed by atoms with Crippen molar-refractivity contribution in [1.82, 2.24) is 0 Å². The summed E-state index contributed by atoms with van der Waals surface area (Å²) in [4.78, 5) is 25.3. The first-order valence-electron chi connectivity index (χ1n) is 15.0. The lowest BCUT2D eigenvalue weighted by molar-refractivity contribution is -0.137. The molecule has 0 aliphatic heterocycles. The highest BCUT2D eigenvalue weighted by Gasteiger charge is 2.13. The molecule has 0 bridgehead atoms. The number of esters is 2. The van der Waals surface area contributed by atoms with Gasteiger partial charge >= 0.3 is 11.9 Å². The molecule has 5 nitrogen and oxygen atoms in total. The van der Waals surface area contributed by atoms with Crippen LogP contribution in [0.25, 0.3) is 11.6 Å². The maximum absolute atomic E-state index is 11.6. The van der Waals surface area contributed by atoms with E-state index in [1.807, 2.05) is 30.3 Å². The highest BCUT2D eigenvalue weighted by Crippen LogP contribution is 2.36. The van der Waals surface area contributed by atoms with Crippen molar-refractivity contribution in [2.24, 2.45) is 0 Å². The smallest absolute Gasteiger partial charge is 0.335 e. The lowest BCUT2D eigenvalue weighted by Gasteiger charge is -2.26. The molecule has 0 saturated carbocycles. The fourth-order valence-corrected chi connectivity index (χ4v) is 4.98. The molecule has 0 aliphatic carbocycles. The van der Waals surface area contributed by atoms with E-state index < -0.39 is 11.9 Å². The second-order valence-electron chi connectivity index (χ2n) is 10.6. The van der Waals surface area contributed by atoms with Gasteiger partial charge in [0.05, 0.1) is 6.61 Å². The Morgan fingerprint density at radius 2 is 1.20 bits per heavy atom. The predicted molar refractivity (Wildman–Crippen MR) is 186 cm³/mol. The molecule has 0 aromatic heterocycles. The molecule has 0 saturated heterocycles. The van der Waals surface area contributed by atoms with Crippen LogP contribution in [0.2, 0.25) is 0 Å². The maximum Gasteiger partial charge on any atom is 0.335 e. The third-order valence-electron chi connectivity index (χ3n) is 7.39. The summed E-state index contributed by atoms with van der Waals surface area (Å²) in [6.07, 6.45) is 5.11. The van der Waals surface area contributed by atoms with Crippen molar-refractivity contribution < 1.29 is 19.1 Å². The summed E-state index contributed by atoms with van der Waals surface area (Å²) in [6.45, 7) is 9.29. The predicted octanol–water partition coefficient (Wildman–Crippen LogP) is 9.42. The molecule has 46 heavy (non-hydrogen) atoms. The highest BCUT2D eigenvalue weighted by molar-refractivity contribution is 5.92. The van der Waals surface area contributed by atoms with E-state index in [9.17, 15) is 9.59 Å². The van der Waals surface area contributed by atoms with Crippen LogP contribution in [0.4, 0.5) is 17.1 Å². The van der Waals surface area contributed by atoms with Crippen LogP contribution in [0.3, 0.4) is 0 Å². The van der Waals surface area contributed by atoms with E-state index in [2.05, 4.69) is 116 Å². The summed E-state index contributed by atoms with van der Waals surface area (Å²) >= 11 is 0. The van der Waals surface area contributed by atoms with E-state index in [0.29, 0.717) is 18.8 Å². The molecule has 0 aliphatic rings. The van der Waals surface area contributed by atoms with Gasteiger partial charge in [-0.3, -0.25) is 0 Å². The molecule has 5 aromatic carbocycles. The lowest BCUT2D eigenvalue weighted by atomic mass is 9.95. The van der Waals surface area contributed by atoms with E-state index >= 15 is 0 Å². The fourth-order valence-electron chi connectivity index (χ4n) is 4.98. The Kier molecular flexibility index (Phi) is 10.4. The molecular formula is C41H35NO4. The van der Waals surface area contributed by atoms with Crippen LogP contribution in [0.15, 0.2) is 153 Å². The summed E-state index contributed by atoms with van der Waals surface area (Å²) in [7, 11) is 0. The van der Waals surface area contributed by atoms with Crippen molar-refractivity contribution in [2.75, 3.05) is 11.5 Å². The van der Waals surface area contributed by atoms with Crippen molar-refractivity contribution in [1.29, 1.82) is 0 Å². The molecule has 0 heterocycles. The SMILES string of the molecule is C=CC(=O)OCCc1ccc(N(c2ccc(C)cc2)c2ccc(/C=C(\c3ccccc3)c3ccc(OC(=O)C=C)cc3)cc2)cc1. The molecule has 0 fully saturated rings. The van der Waals surface area contributed by atoms with Crippen LogP contribution in [-0.2, 0) is 20.7 Å². The highest BCUT2D eigenvalue weighted by atomic mass is 16.5. The van der Waals surface area contributed by atoms with Crippen LogP contribution in [0.1, 0.15) is 27.8 Å². The first-order chi connectivity index (χ1) is 22.4. The van der Waals surface area contributed by atoms with Gasteiger partial charge in [-0.05, 0) is 89.4 Å². The van der Waals surface area contributed by atoms with Crippen molar-refractivity contribution in [3.63, 3.8) is 0 Å². The first kappa shape index (κ1) is 31.5. The molecule has 5 heteroatoms. The number of rotatable bonds is 12. The minimum Gasteiger partial charge on any atom is -0.462 e. The van der Waals surface area contributed by atoms with Gasteiger partial charge in [0.2, 0.25) is 0 Å². The standard InChI is InChI=1S/C41H35NO4/c1-4-40(43)45-28-27-31-13-21-36(22-14-31)42(35-19-11-30(3)12-20-35)37-23-15-32(16-24-37)29-39(33-9-7-6-8-10-33)34-17-25-38(26-18-34)46-41(44)5-2/h4-26,29H,1-2,27-28H2,3H3/b39-29+. The van der Waals surface area contributed by atoms with Crippen molar-refractivity contribution >= 4 is 40.6 Å². The molecule has 0 atom stereocenters. The van der Waals surface area contributed by atoms with Gasteiger partial charge in [-0.25, -0.2) is 9.59 Å². The van der Waals surface area contributed by atoms with Crippen LogP contribution < -0.4 is 9.64 Å². The number of carbonyl (C=O) groups excluding carboxylic acids is 2. The Morgan fingerprint density at radius 1 is 0.652 bits per heavy atom. The van der Waals surface area contributed by atoms with Gasteiger partial charge in [0.1, 0.15) is 5.75 Å². The number of anilines is 3. The summed E-state index contributed by atoms with van der Waals surface area (Å²) < 4.78 is 10.4. The van der Waals surface area contributed by atoms with Gasteiger partial charge in [0.15, 0.2) is 0 Å². The molecule has 228 valence electrons. The van der Waals surface area contributed by atoms with E-state index in [1.165, 1.54) is 11.6 Å². The topological polar surface area (TPSA) is 55.8 Å². The van der Waals surface area contributed by atoms with Gasteiger partial charge in [0.25, 0.3) is 0 Å². The zero-order valence-electron chi connectivity index (χ0n) is 25.8. The summed E-state index contributed by atoms with van der Waals surface area (Å²) in [5.74, 6) is -0.444. The van der Waals surface area contributed by atoms with Gasteiger partial charge in [0, 0.05) is 35.6 Å². The van der Waals surface area contributed by atoms with Gasteiger partial charge in [-0.15, -0.1) is 0 Å². The maximum atomic E-state index is 11.6. The Hall–Kier alpha value is -5.94. The number of benzene rings is 5. The Labute approximate surface area is 270 Å². The van der Waals surface area contributed by atoms with Crippen LogP contribution in [0.5, 0.6) is 5.75 Å². The molecule has 0 radical (unpaired) electrons. The summed E-state index contributed by atoms with van der Waals surface area (Å²) in [5.41, 5.74) is 9.49. The minimum atomic E-state index is -0.492. The van der Waals surface area contributed by atoms with Crippen molar-refractivity contribution in [2.45, 2.75) is 13.3 Å². The zero-order valence-corrected chi connectivity index (χ0v) is 25.8. The number of aryl methyl sites for hydroxylation is 1. The second-order valence-corrected chi connectivity index (χ2v) is 10.6. The zero-order chi connectivity index (χ0) is 32.3. The van der Waals surface area contributed by atoms with Crippen molar-refractivity contribution in [3.8, 4) is 5.75 Å². The first-order valence-corrected chi connectivity index (χ1v) is 15.0. The summed E-state index contributed by atoms with van der Waals surface area (Å²) in [5, 5.41) is 0. The molecule has 0 unspecified atom stereocenters. The Morgan fingerprint density at radius 3 is 1.78 bits per heavy atom. The molecule has 0 amide bonds. The van der Waals surface area contributed by atoms with E-state index in [-0.39, 0.29) is 0 Å². The third kappa shape index (κ3) is 8.16. The Bertz CT molecular complexity index is 1820. The van der Waals surface area contributed by atoms with Gasteiger partial charge in [-0.2, -0.15) is 0 Å². The van der Waals surface area contributed by atoms with Gasteiger partial charge < -0.3 is 14.4 Å². The molecular weight excluding hydrogens is 570 g/mol. The van der Waals surface area contributed by atoms with Crippen molar-refractivity contribution in [3.05, 3.63) is 181 Å². The van der Waals surface area contributed by atoms with E-state index in [4.69, 9.17) is 9.47 Å².